The summed E-state index contributed by atoms with van der Waals surface area (Å²) in [5, 5.41) is 6.72. The maximum absolute atomic E-state index is 13.1. The molecule has 4 aromatic rings. The Balaban J connectivity index is 1.62. The lowest BCUT2D eigenvalue weighted by Gasteiger charge is -2.17. The highest BCUT2D eigenvalue weighted by Gasteiger charge is 2.23. The van der Waals surface area contributed by atoms with Gasteiger partial charge in [-0.25, -0.2) is 4.98 Å². The summed E-state index contributed by atoms with van der Waals surface area (Å²) in [7, 11) is 0. The fraction of sp³-hybridized carbons (Fsp3) is 0.227. The molecule has 0 radical (unpaired) electrons. The second-order valence-corrected chi connectivity index (χ2v) is 6.97. The summed E-state index contributed by atoms with van der Waals surface area (Å²) in [5.41, 5.74) is 3.74. The number of hydrogen-bond acceptors (Lipinski definition) is 3. The standard InChI is InChI=1S/C22H23N5O2/c1-3-27-20-11-7-6-10-18(20)25-22(27)26-21(29)19(24-14(2)28)12-15-13-23-17-9-5-4-8-16(15)17/h4-11,13,19,23H,3,12H2,1-2H3,(H,24,28)(H,25,26,29). The van der Waals surface area contributed by atoms with Gasteiger partial charge in [0.25, 0.3) is 0 Å². The van der Waals surface area contributed by atoms with Gasteiger partial charge in [0.1, 0.15) is 6.04 Å². The smallest absolute Gasteiger partial charge is 0.249 e. The molecule has 2 amide bonds. The molecule has 29 heavy (non-hydrogen) atoms. The minimum Gasteiger partial charge on any atom is -0.361 e. The van der Waals surface area contributed by atoms with E-state index in [9.17, 15) is 9.59 Å². The number of carbonyl (C=O) groups is 2. The molecule has 0 aliphatic carbocycles. The van der Waals surface area contributed by atoms with Crippen LogP contribution in [0.2, 0.25) is 0 Å². The minimum absolute atomic E-state index is 0.256. The quantitative estimate of drug-likeness (QED) is 0.473. The SMILES string of the molecule is CCn1c(NC(=O)C(Cc2c[nH]c3ccccc23)NC(C)=O)nc2ccccc21. The summed E-state index contributed by atoms with van der Waals surface area (Å²) in [4.78, 5) is 32.6. The van der Waals surface area contributed by atoms with Crippen molar-refractivity contribution in [1.29, 1.82) is 0 Å². The number of aryl methyl sites for hydroxylation is 1. The van der Waals surface area contributed by atoms with Crippen LogP contribution >= 0.6 is 0 Å². The van der Waals surface area contributed by atoms with E-state index in [0.29, 0.717) is 18.9 Å². The number of nitrogens with zero attached hydrogens (tertiary/aromatic N) is 2. The Hall–Kier alpha value is -3.61. The van der Waals surface area contributed by atoms with E-state index in [4.69, 9.17) is 0 Å². The molecule has 1 unspecified atom stereocenters. The fourth-order valence-corrected chi connectivity index (χ4v) is 3.66. The number of imidazole rings is 1. The molecular formula is C22H23N5O2. The van der Waals surface area contributed by atoms with Gasteiger partial charge in [-0.2, -0.15) is 0 Å². The van der Waals surface area contributed by atoms with E-state index in [1.807, 2.05) is 66.2 Å². The lowest BCUT2D eigenvalue weighted by atomic mass is 10.0. The molecule has 1 atom stereocenters. The molecule has 3 N–H and O–H groups in total. The number of benzene rings is 2. The second kappa shape index (κ2) is 7.79. The lowest BCUT2D eigenvalue weighted by Crippen LogP contribution is -2.44. The molecule has 2 heterocycles. The minimum atomic E-state index is -0.711. The number of H-pyrrole nitrogens is 1. The van der Waals surface area contributed by atoms with Crippen LogP contribution in [-0.2, 0) is 22.6 Å². The van der Waals surface area contributed by atoms with Gasteiger partial charge in [0.05, 0.1) is 11.0 Å². The fourth-order valence-electron chi connectivity index (χ4n) is 3.66. The average Bonchev–Trinajstić information content (AvgIpc) is 3.27. The maximum atomic E-state index is 13.1. The van der Waals surface area contributed by atoms with Crippen LogP contribution in [0.15, 0.2) is 54.7 Å². The van der Waals surface area contributed by atoms with Gasteiger partial charge in [-0.05, 0) is 30.7 Å². The molecule has 7 heteroatoms. The molecule has 0 saturated heterocycles. The first-order valence-corrected chi connectivity index (χ1v) is 9.65. The Morgan fingerprint density at radius 2 is 1.90 bits per heavy atom. The molecule has 148 valence electrons. The van der Waals surface area contributed by atoms with Crippen LogP contribution < -0.4 is 10.6 Å². The van der Waals surface area contributed by atoms with E-state index in [1.165, 1.54) is 6.92 Å². The average molecular weight is 389 g/mol. The van der Waals surface area contributed by atoms with E-state index < -0.39 is 6.04 Å². The van der Waals surface area contributed by atoms with E-state index in [0.717, 1.165) is 27.5 Å². The molecule has 4 rings (SSSR count). The van der Waals surface area contributed by atoms with Crippen molar-refractivity contribution in [1.82, 2.24) is 19.9 Å². The van der Waals surface area contributed by atoms with Crippen molar-refractivity contribution in [2.75, 3.05) is 5.32 Å². The lowest BCUT2D eigenvalue weighted by molar-refractivity contribution is -0.125. The number of nitrogens with one attached hydrogen (secondary N) is 3. The van der Waals surface area contributed by atoms with Gasteiger partial charge in [0, 0.05) is 37.0 Å². The van der Waals surface area contributed by atoms with Crippen LogP contribution in [0.4, 0.5) is 5.95 Å². The van der Waals surface area contributed by atoms with Crippen molar-refractivity contribution < 1.29 is 9.59 Å². The topological polar surface area (TPSA) is 91.8 Å². The summed E-state index contributed by atoms with van der Waals surface area (Å²) in [6.07, 6.45) is 2.26. The molecule has 0 aliphatic rings. The zero-order valence-electron chi connectivity index (χ0n) is 16.4. The molecule has 0 fully saturated rings. The summed E-state index contributed by atoms with van der Waals surface area (Å²) < 4.78 is 1.95. The predicted octanol–water partition coefficient (Wildman–Crippen LogP) is 3.22. The Morgan fingerprint density at radius 3 is 2.69 bits per heavy atom. The van der Waals surface area contributed by atoms with Crippen LogP contribution in [0, 0.1) is 0 Å². The van der Waals surface area contributed by atoms with E-state index in [-0.39, 0.29) is 11.8 Å². The van der Waals surface area contributed by atoms with Crippen LogP contribution in [0.25, 0.3) is 21.9 Å². The van der Waals surface area contributed by atoms with Crippen molar-refractivity contribution in [3.63, 3.8) is 0 Å². The van der Waals surface area contributed by atoms with Gasteiger partial charge in [-0.15, -0.1) is 0 Å². The first-order chi connectivity index (χ1) is 14.1. The third-order valence-corrected chi connectivity index (χ3v) is 5.00. The Morgan fingerprint density at radius 1 is 1.14 bits per heavy atom. The third-order valence-electron chi connectivity index (χ3n) is 5.00. The highest BCUT2D eigenvalue weighted by atomic mass is 16.2. The van der Waals surface area contributed by atoms with Crippen LogP contribution in [0.3, 0.4) is 0 Å². The maximum Gasteiger partial charge on any atom is 0.249 e. The van der Waals surface area contributed by atoms with Crippen molar-refractivity contribution in [2.24, 2.45) is 0 Å². The number of para-hydroxylation sites is 3. The van der Waals surface area contributed by atoms with Crippen LogP contribution in [-0.4, -0.2) is 32.4 Å². The summed E-state index contributed by atoms with van der Waals surface area (Å²) in [6.45, 7) is 4.08. The summed E-state index contributed by atoms with van der Waals surface area (Å²) in [5.74, 6) is -0.0718. The van der Waals surface area contributed by atoms with Crippen molar-refractivity contribution in [2.45, 2.75) is 32.9 Å². The molecule has 0 spiro atoms. The van der Waals surface area contributed by atoms with Gasteiger partial charge >= 0.3 is 0 Å². The number of anilines is 1. The normalized spacial score (nSPS) is 12.2. The van der Waals surface area contributed by atoms with Crippen LogP contribution in [0.1, 0.15) is 19.4 Å². The number of hydrogen-bond donors (Lipinski definition) is 3. The zero-order chi connectivity index (χ0) is 20.4. The Labute approximate surface area is 168 Å². The van der Waals surface area contributed by atoms with Crippen LogP contribution in [0.5, 0.6) is 0 Å². The Kier molecular flexibility index (Phi) is 5.03. The largest absolute Gasteiger partial charge is 0.361 e. The second-order valence-electron chi connectivity index (χ2n) is 6.97. The van der Waals surface area contributed by atoms with Gasteiger partial charge in [-0.1, -0.05) is 30.3 Å². The van der Waals surface area contributed by atoms with Crippen molar-refractivity contribution >= 4 is 39.7 Å². The molecule has 2 aromatic heterocycles. The molecule has 7 nitrogen and oxygen atoms in total. The Bertz CT molecular complexity index is 1190. The number of fused-ring (bicyclic) bond motifs is 2. The predicted molar refractivity (Wildman–Crippen MR) is 114 cm³/mol. The number of amides is 2. The van der Waals surface area contributed by atoms with Gasteiger partial charge in [0.15, 0.2) is 0 Å². The van der Waals surface area contributed by atoms with E-state index in [2.05, 4.69) is 20.6 Å². The third kappa shape index (κ3) is 3.71. The van der Waals surface area contributed by atoms with Gasteiger partial charge in [-0.3, -0.25) is 14.9 Å². The van der Waals surface area contributed by atoms with Crippen molar-refractivity contribution in [3.05, 3.63) is 60.3 Å². The molecule has 0 bridgehead atoms. The number of rotatable bonds is 6. The van der Waals surface area contributed by atoms with Gasteiger partial charge < -0.3 is 14.9 Å². The highest BCUT2D eigenvalue weighted by molar-refractivity contribution is 5.98. The number of aromatic nitrogens is 3. The highest BCUT2D eigenvalue weighted by Crippen LogP contribution is 2.21. The molecule has 0 saturated carbocycles. The van der Waals surface area contributed by atoms with Crippen molar-refractivity contribution in [3.8, 4) is 0 Å². The molecule has 2 aromatic carbocycles. The van der Waals surface area contributed by atoms with E-state index >= 15 is 0 Å². The first-order valence-electron chi connectivity index (χ1n) is 9.65. The first kappa shape index (κ1) is 18.7. The van der Waals surface area contributed by atoms with Gasteiger partial charge in [0.2, 0.25) is 17.8 Å². The number of aromatic amines is 1. The summed E-state index contributed by atoms with van der Waals surface area (Å²) >= 11 is 0. The zero-order valence-corrected chi connectivity index (χ0v) is 16.4. The monoisotopic (exact) mass is 389 g/mol. The summed E-state index contributed by atoms with van der Waals surface area (Å²) in [6, 6.07) is 14.9. The molecular weight excluding hydrogens is 366 g/mol. The van der Waals surface area contributed by atoms with E-state index in [1.54, 1.807) is 0 Å². The molecule has 0 aliphatic heterocycles. The number of carbonyl (C=O) groups excluding carboxylic acids is 2.